The molecule has 4 heteroatoms. The van der Waals surface area contributed by atoms with Crippen molar-refractivity contribution < 1.29 is 14.3 Å². The molecule has 0 bridgehead atoms. The number of Topliss-reactive ketones (excluding diaryl/α,β-unsaturated/α-hetero) is 1. The molecule has 2 rings (SSSR count). The standard InChI is InChI=1S/C19H21NO3/c1-13-11-15(7-9-18(13)23-3)8-10-19(22)20-17-6-4-5-16(12-17)14(2)21/h4-7,9,11-12H,8,10H2,1-3H3,(H,20,22). The van der Waals surface area contributed by atoms with Crippen LogP contribution in [0, 0.1) is 6.92 Å². The number of methoxy groups -OCH3 is 1. The van der Waals surface area contributed by atoms with Crippen LogP contribution in [0.1, 0.15) is 34.8 Å². The van der Waals surface area contributed by atoms with Crippen LogP contribution in [0.15, 0.2) is 42.5 Å². The zero-order valence-electron chi connectivity index (χ0n) is 13.7. The van der Waals surface area contributed by atoms with Gasteiger partial charge in [0.1, 0.15) is 5.75 Å². The minimum Gasteiger partial charge on any atom is -0.496 e. The highest BCUT2D eigenvalue weighted by Gasteiger charge is 2.06. The Labute approximate surface area is 136 Å². The van der Waals surface area contributed by atoms with Gasteiger partial charge in [0.2, 0.25) is 5.91 Å². The van der Waals surface area contributed by atoms with Crippen molar-refractivity contribution in [3.05, 3.63) is 59.2 Å². The fourth-order valence-electron chi connectivity index (χ4n) is 2.39. The number of amides is 1. The number of carbonyl (C=O) groups excluding carboxylic acids is 2. The van der Waals surface area contributed by atoms with E-state index in [1.807, 2.05) is 25.1 Å². The molecule has 0 saturated heterocycles. The van der Waals surface area contributed by atoms with E-state index in [0.29, 0.717) is 24.1 Å². The molecule has 0 spiro atoms. The molecule has 2 aromatic carbocycles. The third-order valence-electron chi connectivity index (χ3n) is 3.65. The van der Waals surface area contributed by atoms with Crippen molar-refractivity contribution in [1.82, 2.24) is 0 Å². The first kappa shape index (κ1) is 16.7. The van der Waals surface area contributed by atoms with E-state index in [0.717, 1.165) is 16.9 Å². The lowest BCUT2D eigenvalue weighted by atomic mass is 10.1. The first-order valence-electron chi connectivity index (χ1n) is 7.54. The number of nitrogens with one attached hydrogen (secondary N) is 1. The molecule has 0 aliphatic heterocycles. The highest BCUT2D eigenvalue weighted by molar-refractivity contribution is 5.97. The van der Waals surface area contributed by atoms with Gasteiger partial charge in [-0.2, -0.15) is 0 Å². The molecular weight excluding hydrogens is 290 g/mol. The summed E-state index contributed by atoms with van der Waals surface area (Å²) in [6.07, 6.45) is 1.04. The Hall–Kier alpha value is -2.62. The minimum atomic E-state index is -0.0702. The summed E-state index contributed by atoms with van der Waals surface area (Å²) >= 11 is 0. The maximum Gasteiger partial charge on any atom is 0.224 e. The van der Waals surface area contributed by atoms with Gasteiger partial charge in [-0.3, -0.25) is 9.59 Å². The van der Waals surface area contributed by atoms with E-state index in [1.165, 1.54) is 6.92 Å². The Morgan fingerprint density at radius 1 is 1.13 bits per heavy atom. The van der Waals surface area contributed by atoms with E-state index >= 15 is 0 Å². The maximum absolute atomic E-state index is 12.1. The van der Waals surface area contributed by atoms with Gasteiger partial charge in [-0.15, -0.1) is 0 Å². The van der Waals surface area contributed by atoms with Gasteiger partial charge in [-0.1, -0.05) is 24.3 Å². The van der Waals surface area contributed by atoms with Gasteiger partial charge in [0, 0.05) is 17.7 Å². The Balaban J connectivity index is 1.94. The molecule has 4 nitrogen and oxygen atoms in total. The fraction of sp³-hybridized carbons (Fsp3) is 0.263. The molecule has 0 aliphatic rings. The van der Waals surface area contributed by atoms with Crippen LogP contribution in [-0.2, 0) is 11.2 Å². The second-order valence-corrected chi connectivity index (χ2v) is 5.49. The number of hydrogen-bond acceptors (Lipinski definition) is 3. The number of aryl methyl sites for hydroxylation is 2. The molecule has 0 radical (unpaired) electrons. The van der Waals surface area contributed by atoms with Crippen molar-refractivity contribution in [2.75, 3.05) is 12.4 Å². The second-order valence-electron chi connectivity index (χ2n) is 5.49. The number of benzene rings is 2. The number of carbonyl (C=O) groups is 2. The summed E-state index contributed by atoms with van der Waals surface area (Å²) in [6.45, 7) is 3.49. The molecule has 0 atom stereocenters. The van der Waals surface area contributed by atoms with Gasteiger partial charge in [0.25, 0.3) is 0 Å². The Kier molecular flexibility index (Phi) is 5.52. The Morgan fingerprint density at radius 3 is 2.57 bits per heavy atom. The van der Waals surface area contributed by atoms with Crippen LogP contribution in [0.2, 0.25) is 0 Å². The predicted molar refractivity (Wildman–Crippen MR) is 91.1 cm³/mol. The van der Waals surface area contributed by atoms with Crippen molar-refractivity contribution in [2.24, 2.45) is 0 Å². The van der Waals surface area contributed by atoms with Gasteiger partial charge >= 0.3 is 0 Å². The fourth-order valence-corrected chi connectivity index (χ4v) is 2.39. The SMILES string of the molecule is COc1ccc(CCC(=O)Nc2cccc(C(C)=O)c2)cc1C. The zero-order valence-corrected chi connectivity index (χ0v) is 13.7. The minimum absolute atomic E-state index is 0.0187. The largest absolute Gasteiger partial charge is 0.496 e. The van der Waals surface area contributed by atoms with Crippen LogP contribution in [-0.4, -0.2) is 18.8 Å². The monoisotopic (exact) mass is 311 g/mol. The van der Waals surface area contributed by atoms with Crippen LogP contribution in [0.4, 0.5) is 5.69 Å². The highest BCUT2D eigenvalue weighted by atomic mass is 16.5. The van der Waals surface area contributed by atoms with E-state index < -0.39 is 0 Å². The van der Waals surface area contributed by atoms with Crippen LogP contribution < -0.4 is 10.1 Å². The smallest absolute Gasteiger partial charge is 0.224 e. The third kappa shape index (κ3) is 4.68. The first-order chi connectivity index (χ1) is 11.0. The molecule has 0 heterocycles. The van der Waals surface area contributed by atoms with Crippen molar-refractivity contribution in [2.45, 2.75) is 26.7 Å². The Morgan fingerprint density at radius 2 is 1.91 bits per heavy atom. The van der Waals surface area contributed by atoms with Crippen molar-refractivity contribution in [3.8, 4) is 5.75 Å². The summed E-state index contributed by atoms with van der Waals surface area (Å²) in [5.74, 6) is 0.758. The number of anilines is 1. The molecule has 1 amide bonds. The van der Waals surface area contributed by atoms with Gasteiger partial charge in [-0.05, 0) is 49.6 Å². The van der Waals surface area contributed by atoms with Gasteiger partial charge in [0.15, 0.2) is 5.78 Å². The molecule has 0 saturated carbocycles. The summed E-state index contributed by atoms with van der Waals surface area (Å²) in [5.41, 5.74) is 3.39. The highest BCUT2D eigenvalue weighted by Crippen LogP contribution is 2.19. The number of hydrogen-bond donors (Lipinski definition) is 1. The van der Waals surface area contributed by atoms with Crippen molar-refractivity contribution >= 4 is 17.4 Å². The molecule has 120 valence electrons. The van der Waals surface area contributed by atoms with Crippen LogP contribution in [0.25, 0.3) is 0 Å². The third-order valence-corrected chi connectivity index (χ3v) is 3.65. The summed E-state index contributed by atoms with van der Waals surface area (Å²) in [6, 6.07) is 12.9. The van der Waals surface area contributed by atoms with Crippen LogP contribution in [0.3, 0.4) is 0 Å². The van der Waals surface area contributed by atoms with Crippen LogP contribution in [0.5, 0.6) is 5.75 Å². The second kappa shape index (κ2) is 7.58. The lowest BCUT2D eigenvalue weighted by Gasteiger charge is -2.08. The lowest BCUT2D eigenvalue weighted by molar-refractivity contribution is -0.116. The topological polar surface area (TPSA) is 55.4 Å². The number of rotatable bonds is 6. The predicted octanol–water partition coefficient (Wildman–Crippen LogP) is 3.78. The molecule has 2 aromatic rings. The van der Waals surface area contributed by atoms with Gasteiger partial charge in [-0.25, -0.2) is 0 Å². The molecule has 0 aliphatic carbocycles. The summed E-state index contributed by atoms with van der Waals surface area (Å²) < 4.78 is 5.23. The average Bonchev–Trinajstić information content (AvgIpc) is 2.53. The molecule has 23 heavy (non-hydrogen) atoms. The average molecular weight is 311 g/mol. The first-order valence-corrected chi connectivity index (χ1v) is 7.54. The zero-order chi connectivity index (χ0) is 16.8. The van der Waals surface area contributed by atoms with E-state index in [4.69, 9.17) is 4.74 Å². The summed E-state index contributed by atoms with van der Waals surface area (Å²) in [4.78, 5) is 23.4. The summed E-state index contributed by atoms with van der Waals surface area (Å²) in [7, 11) is 1.64. The van der Waals surface area contributed by atoms with Crippen molar-refractivity contribution in [1.29, 1.82) is 0 Å². The van der Waals surface area contributed by atoms with Gasteiger partial charge in [0.05, 0.1) is 7.11 Å². The number of ketones is 1. The van der Waals surface area contributed by atoms with E-state index in [-0.39, 0.29) is 11.7 Å². The Bertz CT molecular complexity index is 722. The summed E-state index contributed by atoms with van der Waals surface area (Å²) in [5, 5.41) is 2.83. The number of ether oxygens (including phenoxy) is 1. The molecule has 1 N–H and O–H groups in total. The van der Waals surface area contributed by atoms with E-state index in [9.17, 15) is 9.59 Å². The van der Waals surface area contributed by atoms with E-state index in [1.54, 1.807) is 31.4 Å². The quantitative estimate of drug-likeness (QED) is 0.826. The van der Waals surface area contributed by atoms with Gasteiger partial charge < -0.3 is 10.1 Å². The molecule has 0 aromatic heterocycles. The van der Waals surface area contributed by atoms with Crippen LogP contribution >= 0.6 is 0 Å². The molecular formula is C19H21NO3. The maximum atomic E-state index is 12.1. The normalized spacial score (nSPS) is 10.2. The van der Waals surface area contributed by atoms with E-state index in [2.05, 4.69) is 5.32 Å². The van der Waals surface area contributed by atoms with Crippen molar-refractivity contribution in [3.63, 3.8) is 0 Å². The lowest BCUT2D eigenvalue weighted by Crippen LogP contribution is -2.12. The molecule has 0 unspecified atom stereocenters. The molecule has 0 fully saturated rings.